The standard InChI is InChI=1S/C17H20O4/c1-3-20-17(18)14-11-13-7-4-5-8-15(13)16(12-14)21-10-6-9-19-2/h4-5,7-8,11-12H,3,6,9-10H2,1-2H3. The van der Waals surface area contributed by atoms with E-state index < -0.39 is 0 Å². The van der Waals surface area contributed by atoms with Gasteiger partial charge >= 0.3 is 5.97 Å². The van der Waals surface area contributed by atoms with E-state index in [9.17, 15) is 4.79 Å². The molecule has 4 heteroatoms. The molecule has 0 aliphatic carbocycles. The second-order valence-electron chi connectivity index (χ2n) is 4.61. The third kappa shape index (κ3) is 3.95. The SMILES string of the molecule is CCOC(=O)c1cc(OCCCOC)c2ccccc2c1. The van der Waals surface area contributed by atoms with Crippen LogP contribution in [0.15, 0.2) is 36.4 Å². The molecular weight excluding hydrogens is 268 g/mol. The van der Waals surface area contributed by atoms with Crippen LogP contribution in [-0.2, 0) is 9.47 Å². The van der Waals surface area contributed by atoms with Crippen molar-refractivity contribution in [2.45, 2.75) is 13.3 Å². The zero-order valence-corrected chi connectivity index (χ0v) is 12.4. The Bertz CT molecular complexity index is 607. The first-order chi connectivity index (χ1) is 10.3. The predicted molar refractivity (Wildman–Crippen MR) is 81.9 cm³/mol. The Hall–Kier alpha value is -2.07. The lowest BCUT2D eigenvalue weighted by Crippen LogP contribution is -2.06. The first-order valence-corrected chi connectivity index (χ1v) is 7.08. The molecule has 0 saturated heterocycles. The molecule has 0 N–H and O–H groups in total. The van der Waals surface area contributed by atoms with Gasteiger partial charge in [0.25, 0.3) is 0 Å². The van der Waals surface area contributed by atoms with Gasteiger partial charge in [-0.1, -0.05) is 24.3 Å². The molecule has 0 aromatic heterocycles. The number of carbonyl (C=O) groups is 1. The average Bonchev–Trinajstić information content (AvgIpc) is 2.51. The summed E-state index contributed by atoms with van der Waals surface area (Å²) in [4.78, 5) is 11.9. The number of benzene rings is 2. The number of fused-ring (bicyclic) bond motifs is 1. The van der Waals surface area contributed by atoms with Gasteiger partial charge in [0, 0.05) is 25.5 Å². The molecule has 2 aromatic rings. The number of ether oxygens (including phenoxy) is 3. The molecule has 0 saturated carbocycles. The van der Waals surface area contributed by atoms with Gasteiger partial charge in [-0.2, -0.15) is 0 Å². The van der Waals surface area contributed by atoms with Crippen LogP contribution in [0.2, 0.25) is 0 Å². The molecule has 0 amide bonds. The number of carbonyl (C=O) groups excluding carboxylic acids is 1. The lowest BCUT2D eigenvalue weighted by Gasteiger charge is -2.11. The average molecular weight is 288 g/mol. The van der Waals surface area contributed by atoms with Crippen molar-refractivity contribution in [3.05, 3.63) is 42.0 Å². The molecule has 0 aliphatic rings. The van der Waals surface area contributed by atoms with Gasteiger partial charge in [-0.05, 0) is 24.4 Å². The second-order valence-corrected chi connectivity index (χ2v) is 4.61. The predicted octanol–water partition coefficient (Wildman–Crippen LogP) is 3.43. The highest BCUT2D eigenvalue weighted by Crippen LogP contribution is 2.28. The van der Waals surface area contributed by atoms with Crippen molar-refractivity contribution in [3.8, 4) is 5.75 Å². The summed E-state index contributed by atoms with van der Waals surface area (Å²) in [7, 11) is 1.66. The molecular formula is C17H20O4. The number of methoxy groups -OCH3 is 1. The molecule has 0 spiro atoms. The topological polar surface area (TPSA) is 44.8 Å². The van der Waals surface area contributed by atoms with Crippen molar-refractivity contribution < 1.29 is 19.0 Å². The van der Waals surface area contributed by atoms with Crippen molar-refractivity contribution in [1.82, 2.24) is 0 Å². The third-order valence-electron chi connectivity index (χ3n) is 3.09. The summed E-state index contributed by atoms with van der Waals surface area (Å²) in [5.41, 5.74) is 0.511. The number of hydrogen-bond acceptors (Lipinski definition) is 4. The highest BCUT2D eigenvalue weighted by molar-refractivity contribution is 5.98. The van der Waals surface area contributed by atoms with Crippen molar-refractivity contribution in [2.24, 2.45) is 0 Å². The van der Waals surface area contributed by atoms with Crippen molar-refractivity contribution >= 4 is 16.7 Å². The van der Waals surface area contributed by atoms with Crippen LogP contribution in [0.4, 0.5) is 0 Å². The fourth-order valence-electron chi connectivity index (χ4n) is 2.11. The fraction of sp³-hybridized carbons (Fsp3) is 0.353. The van der Waals surface area contributed by atoms with Crippen molar-refractivity contribution in [3.63, 3.8) is 0 Å². The molecule has 0 unspecified atom stereocenters. The number of esters is 1. The van der Waals surface area contributed by atoms with Gasteiger partial charge in [-0.3, -0.25) is 0 Å². The Labute approximate surface area is 124 Å². The minimum atomic E-state index is -0.329. The smallest absolute Gasteiger partial charge is 0.338 e. The van der Waals surface area contributed by atoms with E-state index >= 15 is 0 Å². The van der Waals surface area contributed by atoms with E-state index in [-0.39, 0.29) is 5.97 Å². The molecule has 0 aliphatic heterocycles. The first kappa shape index (κ1) is 15.3. The van der Waals surface area contributed by atoms with E-state index in [1.165, 1.54) is 0 Å². The van der Waals surface area contributed by atoms with Crippen LogP contribution in [0.1, 0.15) is 23.7 Å². The molecule has 0 radical (unpaired) electrons. The number of rotatable bonds is 7. The van der Waals surface area contributed by atoms with E-state index in [0.717, 1.165) is 17.2 Å². The largest absolute Gasteiger partial charge is 0.493 e. The maximum absolute atomic E-state index is 11.9. The van der Waals surface area contributed by atoms with Crippen LogP contribution in [0, 0.1) is 0 Å². The Balaban J connectivity index is 2.29. The highest BCUT2D eigenvalue weighted by atomic mass is 16.5. The van der Waals surface area contributed by atoms with Gasteiger partial charge < -0.3 is 14.2 Å². The van der Waals surface area contributed by atoms with Crippen LogP contribution in [0.5, 0.6) is 5.75 Å². The van der Waals surface area contributed by atoms with Gasteiger partial charge in [0.1, 0.15) is 5.75 Å². The van der Waals surface area contributed by atoms with Crippen molar-refractivity contribution in [1.29, 1.82) is 0 Å². The quantitative estimate of drug-likeness (QED) is 0.578. The van der Waals surface area contributed by atoms with E-state index in [1.807, 2.05) is 30.3 Å². The summed E-state index contributed by atoms with van der Waals surface area (Å²) in [5.74, 6) is 0.372. The Morgan fingerprint density at radius 1 is 1.14 bits per heavy atom. The summed E-state index contributed by atoms with van der Waals surface area (Å²) < 4.78 is 15.9. The molecule has 4 nitrogen and oxygen atoms in total. The summed E-state index contributed by atoms with van der Waals surface area (Å²) >= 11 is 0. The minimum Gasteiger partial charge on any atom is -0.493 e. The maximum atomic E-state index is 11.9. The molecule has 0 heterocycles. The summed E-state index contributed by atoms with van der Waals surface area (Å²) in [6.45, 7) is 3.34. The summed E-state index contributed by atoms with van der Waals surface area (Å²) in [6.07, 6.45) is 0.800. The van der Waals surface area contributed by atoms with E-state index in [2.05, 4.69) is 0 Å². The maximum Gasteiger partial charge on any atom is 0.338 e. The Morgan fingerprint density at radius 2 is 1.95 bits per heavy atom. The molecule has 2 rings (SSSR count). The molecule has 21 heavy (non-hydrogen) atoms. The van der Waals surface area contributed by atoms with Gasteiger partial charge in [0.15, 0.2) is 0 Å². The normalized spacial score (nSPS) is 10.6. The van der Waals surface area contributed by atoms with Gasteiger partial charge in [-0.25, -0.2) is 4.79 Å². The zero-order chi connectivity index (χ0) is 15.1. The van der Waals surface area contributed by atoms with Crippen LogP contribution in [-0.4, -0.2) is 32.9 Å². The lowest BCUT2D eigenvalue weighted by molar-refractivity contribution is 0.0526. The molecule has 112 valence electrons. The Morgan fingerprint density at radius 3 is 2.71 bits per heavy atom. The lowest BCUT2D eigenvalue weighted by atomic mass is 10.1. The van der Waals surface area contributed by atoms with Crippen LogP contribution < -0.4 is 4.74 Å². The Kier molecular flexibility index (Phi) is 5.58. The molecule has 2 aromatic carbocycles. The van der Waals surface area contributed by atoms with Crippen LogP contribution in [0.25, 0.3) is 10.8 Å². The van der Waals surface area contributed by atoms with Crippen molar-refractivity contribution in [2.75, 3.05) is 26.9 Å². The van der Waals surface area contributed by atoms with Crippen LogP contribution >= 0.6 is 0 Å². The van der Waals surface area contributed by atoms with Gasteiger partial charge in [0.2, 0.25) is 0 Å². The highest BCUT2D eigenvalue weighted by Gasteiger charge is 2.11. The van der Waals surface area contributed by atoms with E-state index in [4.69, 9.17) is 14.2 Å². The third-order valence-corrected chi connectivity index (χ3v) is 3.09. The van der Waals surface area contributed by atoms with Gasteiger partial charge in [0.05, 0.1) is 18.8 Å². The molecule has 0 fully saturated rings. The second kappa shape index (κ2) is 7.64. The monoisotopic (exact) mass is 288 g/mol. The van der Waals surface area contributed by atoms with E-state index in [1.54, 1.807) is 20.1 Å². The zero-order valence-electron chi connectivity index (χ0n) is 12.4. The molecule has 0 atom stereocenters. The minimum absolute atomic E-state index is 0.329. The molecule has 0 bridgehead atoms. The number of hydrogen-bond donors (Lipinski definition) is 0. The fourth-order valence-corrected chi connectivity index (χ4v) is 2.11. The van der Waals surface area contributed by atoms with Crippen LogP contribution in [0.3, 0.4) is 0 Å². The first-order valence-electron chi connectivity index (χ1n) is 7.08. The van der Waals surface area contributed by atoms with E-state index in [0.29, 0.717) is 31.1 Å². The summed E-state index contributed by atoms with van der Waals surface area (Å²) in [5, 5.41) is 1.95. The summed E-state index contributed by atoms with van der Waals surface area (Å²) in [6, 6.07) is 11.4. The van der Waals surface area contributed by atoms with Gasteiger partial charge in [-0.15, -0.1) is 0 Å².